The molecule has 18 heavy (non-hydrogen) atoms. The number of carboxylic acids is 1. The van der Waals surface area contributed by atoms with Gasteiger partial charge in [0, 0.05) is 6.04 Å². The number of hydrogen-bond acceptors (Lipinski definition) is 3. The van der Waals surface area contributed by atoms with Crippen LogP contribution in [0.4, 0.5) is 0 Å². The highest BCUT2D eigenvalue weighted by atomic mass is 32.2. The minimum absolute atomic E-state index is 0.0192. The molecule has 1 unspecified atom stereocenters. The quantitative estimate of drug-likeness (QED) is 0.698. The fourth-order valence-corrected chi connectivity index (χ4v) is 3.24. The summed E-state index contributed by atoms with van der Waals surface area (Å²) in [6.45, 7) is 4.02. The zero-order valence-corrected chi connectivity index (χ0v) is 12.0. The molecule has 104 valence electrons. The Kier molecular flexibility index (Phi) is 6.54. The largest absolute Gasteiger partial charge is 0.481 e. The van der Waals surface area contributed by atoms with Crippen molar-refractivity contribution < 1.29 is 14.7 Å². The summed E-state index contributed by atoms with van der Waals surface area (Å²) in [7, 11) is 0. The molecule has 3 atom stereocenters. The number of nitrogens with one attached hydrogen (secondary N) is 1. The molecule has 2 N–H and O–H groups in total. The van der Waals surface area contributed by atoms with Crippen LogP contribution in [0.5, 0.6) is 0 Å². The van der Waals surface area contributed by atoms with E-state index in [9.17, 15) is 9.59 Å². The third kappa shape index (κ3) is 4.52. The van der Waals surface area contributed by atoms with Crippen LogP contribution in [0.1, 0.15) is 46.0 Å². The Labute approximate surface area is 113 Å². The smallest absolute Gasteiger partial charge is 0.308 e. The first-order valence-corrected chi connectivity index (χ1v) is 7.76. The lowest BCUT2D eigenvalue weighted by molar-refractivity contribution is -0.142. The number of carboxylic acid groups (broad SMARTS) is 1. The standard InChI is InChI=1S/C13H23NO3S/c1-3-4-8-18-9(2)12(15)14-11-7-5-6-10(11)13(16)17/h9-11H,3-8H2,1-2H3,(H,14,15)(H,16,17)/t9?,10-,11+/m0/s1. The van der Waals surface area contributed by atoms with E-state index in [1.165, 1.54) is 0 Å². The summed E-state index contributed by atoms with van der Waals surface area (Å²) in [6.07, 6.45) is 4.60. The molecule has 5 heteroatoms. The minimum Gasteiger partial charge on any atom is -0.481 e. The summed E-state index contributed by atoms with van der Waals surface area (Å²) in [5.74, 6) is -0.224. The second-order valence-corrected chi connectivity index (χ2v) is 6.31. The Morgan fingerprint density at radius 3 is 2.78 bits per heavy atom. The molecule has 0 spiro atoms. The lowest BCUT2D eigenvalue weighted by atomic mass is 10.0. The molecule has 0 bridgehead atoms. The average molecular weight is 273 g/mol. The SMILES string of the molecule is CCCCSC(C)C(=O)N[C@@H]1CCC[C@@H]1C(=O)O. The molecule has 0 saturated heterocycles. The number of carbonyl (C=O) groups excluding carboxylic acids is 1. The number of thioether (sulfide) groups is 1. The number of amides is 1. The van der Waals surface area contributed by atoms with E-state index < -0.39 is 11.9 Å². The number of hydrogen-bond donors (Lipinski definition) is 2. The molecular weight excluding hydrogens is 250 g/mol. The molecule has 1 aliphatic rings. The van der Waals surface area contributed by atoms with Crippen LogP contribution in [-0.4, -0.2) is 34.0 Å². The molecule has 1 fully saturated rings. The van der Waals surface area contributed by atoms with E-state index in [2.05, 4.69) is 12.2 Å². The van der Waals surface area contributed by atoms with Crippen molar-refractivity contribution in [1.82, 2.24) is 5.32 Å². The molecule has 0 heterocycles. The molecule has 0 aromatic heterocycles. The Balaban J connectivity index is 2.36. The number of unbranched alkanes of at least 4 members (excludes halogenated alkanes) is 1. The zero-order chi connectivity index (χ0) is 13.5. The first kappa shape index (κ1) is 15.3. The highest BCUT2D eigenvalue weighted by Gasteiger charge is 2.34. The Bertz CT molecular complexity index is 296. The first-order valence-electron chi connectivity index (χ1n) is 6.71. The van der Waals surface area contributed by atoms with Gasteiger partial charge in [0.15, 0.2) is 0 Å². The first-order chi connectivity index (χ1) is 8.56. The van der Waals surface area contributed by atoms with Crippen LogP contribution in [0.3, 0.4) is 0 Å². The maximum Gasteiger partial charge on any atom is 0.308 e. The predicted molar refractivity (Wildman–Crippen MR) is 73.7 cm³/mol. The Morgan fingerprint density at radius 2 is 2.17 bits per heavy atom. The summed E-state index contributed by atoms with van der Waals surface area (Å²) in [4.78, 5) is 23.0. The van der Waals surface area contributed by atoms with Crippen LogP contribution in [0.15, 0.2) is 0 Å². The normalized spacial score (nSPS) is 24.8. The number of carbonyl (C=O) groups is 2. The van der Waals surface area contributed by atoms with Crippen LogP contribution in [0.2, 0.25) is 0 Å². The van der Waals surface area contributed by atoms with Crippen molar-refractivity contribution in [3.05, 3.63) is 0 Å². The van der Waals surface area contributed by atoms with Crippen molar-refractivity contribution in [3.8, 4) is 0 Å². The summed E-state index contributed by atoms with van der Waals surface area (Å²) in [5.41, 5.74) is 0. The maximum absolute atomic E-state index is 11.9. The molecule has 1 aliphatic carbocycles. The molecule has 0 aromatic rings. The average Bonchev–Trinajstić information content (AvgIpc) is 2.77. The monoisotopic (exact) mass is 273 g/mol. The van der Waals surface area contributed by atoms with E-state index >= 15 is 0 Å². The molecular formula is C13H23NO3S. The van der Waals surface area contributed by atoms with E-state index in [0.717, 1.165) is 31.4 Å². The highest BCUT2D eigenvalue weighted by molar-refractivity contribution is 8.00. The summed E-state index contributed by atoms with van der Waals surface area (Å²) in [6, 6.07) is -0.177. The van der Waals surface area contributed by atoms with Crippen LogP contribution in [0, 0.1) is 5.92 Å². The lowest BCUT2D eigenvalue weighted by Gasteiger charge is -2.20. The third-order valence-electron chi connectivity index (χ3n) is 3.40. The van der Waals surface area contributed by atoms with Crippen molar-refractivity contribution in [2.45, 2.75) is 57.2 Å². The maximum atomic E-state index is 11.9. The highest BCUT2D eigenvalue weighted by Crippen LogP contribution is 2.26. The second kappa shape index (κ2) is 7.67. The van der Waals surface area contributed by atoms with E-state index in [-0.39, 0.29) is 17.2 Å². The van der Waals surface area contributed by atoms with Crippen LogP contribution >= 0.6 is 11.8 Å². The van der Waals surface area contributed by atoms with Gasteiger partial charge in [0.05, 0.1) is 11.2 Å². The van der Waals surface area contributed by atoms with Crippen molar-refractivity contribution in [2.75, 3.05) is 5.75 Å². The number of rotatable bonds is 7. The fourth-order valence-electron chi connectivity index (χ4n) is 2.21. The molecule has 4 nitrogen and oxygen atoms in total. The molecule has 1 amide bonds. The minimum atomic E-state index is -0.788. The van der Waals surface area contributed by atoms with Gasteiger partial charge in [-0.05, 0) is 31.9 Å². The van der Waals surface area contributed by atoms with Crippen LogP contribution in [-0.2, 0) is 9.59 Å². The van der Waals surface area contributed by atoms with Crippen molar-refractivity contribution >= 4 is 23.6 Å². The summed E-state index contributed by atoms with van der Waals surface area (Å²) >= 11 is 1.64. The molecule has 0 aliphatic heterocycles. The van der Waals surface area contributed by atoms with Crippen molar-refractivity contribution in [2.24, 2.45) is 5.92 Å². The number of aliphatic carboxylic acids is 1. The van der Waals surface area contributed by atoms with Gasteiger partial charge in [-0.1, -0.05) is 19.8 Å². The van der Waals surface area contributed by atoms with Crippen LogP contribution in [0.25, 0.3) is 0 Å². The van der Waals surface area contributed by atoms with E-state index in [4.69, 9.17) is 5.11 Å². The van der Waals surface area contributed by atoms with E-state index in [1.807, 2.05) is 6.92 Å². The van der Waals surface area contributed by atoms with Gasteiger partial charge in [-0.3, -0.25) is 9.59 Å². The molecule has 1 rings (SSSR count). The predicted octanol–water partition coefficient (Wildman–Crippen LogP) is 2.28. The summed E-state index contributed by atoms with van der Waals surface area (Å²) < 4.78 is 0. The second-order valence-electron chi connectivity index (χ2n) is 4.86. The van der Waals surface area contributed by atoms with Crippen LogP contribution < -0.4 is 5.32 Å². The van der Waals surface area contributed by atoms with Gasteiger partial charge in [0.1, 0.15) is 0 Å². The van der Waals surface area contributed by atoms with E-state index in [0.29, 0.717) is 6.42 Å². The molecule has 0 radical (unpaired) electrons. The van der Waals surface area contributed by atoms with Gasteiger partial charge in [-0.15, -0.1) is 11.8 Å². The lowest BCUT2D eigenvalue weighted by Crippen LogP contribution is -2.43. The van der Waals surface area contributed by atoms with Gasteiger partial charge in [-0.2, -0.15) is 0 Å². The summed E-state index contributed by atoms with van der Waals surface area (Å²) in [5, 5.41) is 11.9. The topological polar surface area (TPSA) is 66.4 Å². The van der Waals surface area contributed by atoms with Gasteiger partial charge >= 0.3 is 5.97 Å². The third-order valence-corrected chi connectivity index (χ3v) is 4.63. The van der Waals surface area contributed by atoms with Gasteiger partial charge < -0.3 is 10.4 Å². The van der Waals surface area contributed by atoms with E-state index in [1.54, 1.807) is 11.8 Å². The Hall–Kier alpha value is -0.710. The molecule has 1 saturated carbocycles. The van der Waals surface area contributed by atoms with Crippen molar-refractivity contribution in [3.63, 3.8) is 0 Å². The molecule has 0 aromatic carbocycles. The van der Waals surface area contributed by atoms with Gasteiger partial charge in [0.2, 0.25) is 5.91 Å². The fraction of sp³-hybridized carbons (Fsp3) is 0.846. The van der Waals surface area contributed by atoms with Gasteiger partial charge in [-0.25, -0.2) is 0 Å². The van der Waals surface area contributed by atoms with Crippen molar-refractivity contribution in [1.29, 1.82) is 0 Å². The Morgan fingerprint density at radius 1 is 1.44 bits per heavy atom. The zero-order valence-electron chi connectivity index (χ0n) is 11.1. The van der Waals surface area contributed by atoms with Gasteiger partial charge in [0.25, 0.3) is 0 Å².